The Morgan fingerprint density at radius 2 is 1.74 bits per heavy atom. The molecule has 47 heavy (non-hydrogen) atoms. The van der Waals surface area contributed by atoms with Crippen LogP contribution in [0.4, 0.5) is 13.2 Å². The number of carbonyl (C=O) groups is 3. The highest BCUT2D eigenvalue weighted by Crippen LogP contribution is 2.71. The largest absolute Gasteiger partial charge is 0.506 e. The normalized spacial score (nSPS) is 37.2. The predicted molar refractivity (Wildman–Crippen MR) is 163 cm³/mol. The summed E-state index contributed by atoms with van der Waals surface area (Å²) in [5.74, 6) is -4.92. The monoisotopic (exact) mass is 674 g/mol. The zero-order valence-corrected chi connectivity index (χ0v) is 26.6. The molecule has 0 radical (unpaired) electrons. The molecule has 4 aliphatic rings. The molecule has 0 aromatic heterocycles. The van der Waals surface area contributed by atoms with Gasteiger partial charge in [-0.15, -0.1) is 0 Å². The fourth-order valence-electron chi connectivity index (χ4n) is 8.93. The Morgan fingerprint density at radius 1 is 1.06 bits per heavy atom. The van der Waals surface area contributed by atoms with Crippen molar-refractivity contribution in [1.29, 1.82) is 0 Å². The summed E-state index contributed by atoms with van der Waals surface area (Å²) in [6.07, 6.45) is -0.617. The Morgan fingerprint density at radius 3 is 2.40 bits per heavy atom. The summed E-state index contributed by atoms with van der Waals surface area (Å²) >= 11 is 5.94. The van der Waals surface area contributed by atoms with Gasteiger partial charge in [-0.05, 0) is 86.2 Å². The Bertz CT molecular complexity index is 1700. The fraction of sp³-hybridized carbons (Fsp3) is 0.457. The van der Waals surface area contributed by atoms with Crippen LogP contribution in [0.15, 0.2) is 66.3 Å². The number of ether oxygens (including phenoxy) is 3. The number of esters is 2. The number of hydrogen-bond acceptors (Lipinski definition) is 8. The van der Waals surface area contributed by atoms with Crippen LogP contribution in [0.1, 0.15) is 50.4 Å². The average molecular weight is 675 g/mol. The molecule has 3 saturated carbocycles. The quantitative estimate of drug-likeness (QED) is 0.323. The molecule has 0 unspecified atom stereocenters. The molecule has 8 nitrogen and oxygen atoms in total. The van der Waals surface area contributed by atoms with E-state index in [-0.39, 0.29) is 34.8 Å². The molecule has 2 N–H and O–H groups in total. The van der Waals surface area contributed by atoms with Gasteiger partial charge < -0.3 is 24.4 Å². The Hall–Kier alpha value is -3.83. The molecule has 4 aliphatic carbocycles. The molecule has 0 aliphatic heterocycles. The maximum Gasteiger partial charge on any atom is 0.353 e. The highest BCUT2D eigenvalue weighted by Gasteiger charge is 2.78. The number of alkyl halides is 3. The first-order valence-electron chi connectivity index (χ1n) is 15.3. The highest BCUT2D eigenvalue weighted by atomic mass is 35.5. The van der Waals surface area contributed by atoms with E-state index in [9.17, 15) is 29.0 Å². The molecule has 12 heteroatoms. The SMILES string of the molecule is C[C@@H]1C[C@H]2[C@@H]3C[C@H](F)C4=CC(=O)C=C[C@]4(C)[C@@]3(F)[C@@H](O)C[C@]2(C)[C@@]1(OC(=O)c1ccc(Oc2ccc(O)c(Cl)c2)cc1)C(=O)OCF. The van der Waals surface area contributed by atoms with E-state index in [1.807, 2.05) is 0 Å². The van der Waals surface area contributed by atoms with Crippen molar-refractivity contribution in [2.75, 3.05) is 6.86 Å². The molecule has 250 valence electrons. The second-order valence-corrected chi connectivity index (χ2v) is 13.8. The van der Waals surface area contributed by atoms with E-state index in [1.165, 1.54) is 61.5 Å². The molecule has 6 rings (SSSR count). The number of phenolic OH excluding ortho intramolecular Hbond substituents is 1. The summed E-state index contributed by atoms with van der Waals surface area (Å²) in [4.78, 5) is 39.6. The molecule has 2 aromatic rings. The maximum absolute atomic E-state index is 17.6. The number of aromatic hydroxyl groups is 1. The molecule has 2 aromatic carbocycles. The summed E-state index contributed by atoms with van der Waals surface area (Å²) in [7, 11) is 0. The maximum atomic E-state index is 17.6. The molecule has 0 amide bonds. The second-order valence-electron chi connectivity index (χ2n) is 13.4. The van der Waals surface area contributed by atoms with Gasteiger partial charge in [-0.25, -0.2) is 22.8 Å². The predicted octanol–water partition coefficient (Wildman–Crippen LogP) is 6.77. The number of benzene rings is 2. The lowest BCUT2D eigenvalue weighted by atomic mass is 9.44. The van der Waals surface area contributed by atoms with Crippen LogP contribution in [0, 0.1) is 28.6 Å². The number of rotatable bonds is 6. The van der Waals surface area contributed by atoms with Gasteiger partial charge in [0.05, 0.1) is 16.7 Å². The van der Waals surface area contributed by atoms with E-state index in [0.717, 1.165) is 6.08 Å². The van der Waals surface area contributed by atoms with Crippen molar-refractivity contribution < 1.29 is 52.0 Å². The van der Waals surface area contributed by atoms with Gasteiger partial charge >= 0.3 is 11.9 Å². The lowest BCUT2D eigenvalue weighted by Crippen LogP contribution is -2.71. The lowest BCUT2D eigenvalue weighted by Gasteiger charge is -2.63. The van der Waals surface area contributed by atoms with Crippen molar-refractivity contribution in [2.24, 2.45) is 28.6 Å². The van der Waals surface area contributed by atoms with Crippen molar-refractivity contribution >= 4 is 29.3 Å². The third-order valence-electron chi connectivity index (χ3n) is 11.2. The van der Waals surface area contributed by atoms with Gasteiger partial charge in [0.15, 0.2) is 11.5 Å². The van der Waals surface area contributed by atoms with E-state index in [0.29, 0.717) is 11.5 Å². The zero-order valence-electron chi connectivity index (χ0n) is 25.8. The molecule has 0 saturated heterocycles. The van der Waals surface area contributed by atoms with Crippen LogP contribution >= 0.6 is 11.6 Å². The number of aliphatic hydroxyl groups is 1. The number of hydrogen-bond donors (Lipinski definition) is 2. The number of carbonyl (C=O) groups excluding carboxylic acids is 3. The minimum atomic E-state index is -2.43. The lowest BCUT2D eigenvalue weighted by molar-refractivity contribution is -0.232. The number of halogens is 4. The number of aliphatic hydroxyl groups excluding tert-OH is 1. The third kappa shape index (κ3) is 4.71. The van der Waals surface area contributed by atoms with Gasteiger partial charge in [-0.2, -0.15) is 0 Å². The number of allylic oxidation sites excluding steroid dienone is 4. The van der Waals surface area contributed by atoms with Gasteiger partial charge in [0.1, 0.15) is 23.4 Å². The van der Waals surface area contributed by atoms with Gasteiger partial charge in [0.25, 0.3) is 0 Å². The first-order valence-corrected chi connectivity index (χ1v) is 15.7. The zero-order chi connectivity index (χ0) is 34.1. The summed E-state index contributed by atoms with van der Waals surface area (Å²) < 4.78 is 63.6. The molecule has 0 heterocycles. The molecular weight excluding hydrogens is 641 g/mol. The molecular formula is C35H34ClF3O8. The second kappa shape index (κ2) is 11.4. The van der Waals surface area contributed by atoms with Gasteiger partial charge in [0.2, 0.25) is 12.5 Å². The number of fused-ring (bicyclic) bond motifs is 5. The van der Waals surface area contributed by atoms with Crippen LogP contribution in [0.5, 0.6) is 17.2 Å². The van der Waals surface area contributed by atoms with Crippen LogP contribution in [0.25, 0.3) is 0 Å². The summed E-state index contributed by atoms with van der Waals surface area (Å²) in [6.45, 7) is 3.11. The van der Waals surface area contributed by atoms with Crippen molar-refractivity contribution in [3.05, 3.63) is 76.9 Å². The third-order valence-corrected chi connectivity index (χ3v) is 11.5. The van der Waals surface area contributed by atoms with Crippen LogP contribution in [-0.2, 0) is 19.1 Å². The fourth-order valence-corrected chi connectivity index (χ4v) is 9.10. The van der Waals surface area contributed by atoms with E-state index < -0.39 is 83.1 Å². The van der Waals surface area contributed by atoms with Gasteiger partial charge in [-0.1, -0.05) is 31.5 Å². The van der Waals surface area contributed by atoms with Crippen LogP contribution in [-0.4, -0.2) is 58.3 Å². The summed E-state index contributed by atoms with van der Waals surface area (Å²) in [5.41, 5.74) is -7.78. The van der Waals surface area contributed by atoms with E-state index in [2.05, 4.69) is 0 Å². The van der Waals surface area contributed by atoms with Crippen molar-refractivity contribution in [3.63, 3.8) is 0 Å². The first-order chi connectivity index (χ1) is 22.1. The Balaban J connectivity index is 1.34. The highest BCUT2D eigenvalue weighted by molar-refractivity contribution is 6.32. The van der Waals surface area contributed by atoms with Crippen molar-refractivity contribution in [3.8, 4) is 17.2 Å². The number of ketones is 1. The van der Waals surface area contributed by atoms with Crippen molar-refractivity contribution in [1.82, 2.24) is 0 Å². The number of phenols is 1. The molecule has 9 atom stereocenters. The van der Waals surface area contributed by atoms with Crippen molar-refractivity contribution in [2.45, 2.75) is 63.6 Å². The smallest absolute Gasteiger partial charge is 0.353 e. The average Bonchev–Trinajstić information content (AvgIpc) is 3.24. The van der Waals surface area contributed by atoms with Gasteiger partial charge in [0, 0.05) is 28.7 Å². The van der Waals surface area contributed by atoms with Crippen LogP contribution < -0.4 is 4.74 Å². The minimum absolute atomic E-state index is 0.00440. The minimum Gasteiger partial charge on any atom is -0.506 e. The summed E-state index contributed by atoms with van der Waals surface area (Å²) in [6, 6.07) is 9.95. The van der Waals surface area contributed by atoms with E-state index in [4.69, 9.17) is 25.8 Å². The Labute approximate surface area is 274 Å². The van der Waals surface area contributed by atoms with Gasteiger partial charge in [-0.3, -0.25) is 4.79 Å². The molecule has 3 fully saturated rings. The summed E-state index contributed by atoms with van der Waals surface area (Å²) in [5, 5.41) is 21.4. The topological polar surface area (TPSA) is 119 Å². The Kier molecular flexibility index (Phi) is 8.03. The standard InChI is InChI=1S/C35H34ClF3O8/c1-18-12-23-24-15-27(38)25-13-20(40)10-11-32(25,2)34(24,39)29(42)16-33(23,3)35(18,31(44)45-17-37)47-30(43)19-4-6-21(7-5-19)46-22-8-9-28(41)26(36)14-22/h4-11,13-14,18,23-24,27,29,41-42H,12,15-17H2,1-3H3/t18-,23+,24+,27+,29+,32+,33+,34+,35+/m1/s1. The van der Waals surface area contributed by atoms with Crippen LogP contribution in [0.2, 0.25) is 5.02 Å². The van der Waals surface area contributed by atoms with E-state index in [1.54, 1.807) is 13.8 Å². The van der Waals surface area contributed by atoms with Crippen LogP contribution in [0.3, 0.4) is 0 Å². The molecule has 0 spiro atoms. The first kappa shape index (κ1) is 33.1. The van der Waals surface area contributed by atoms with E-state index >= 15 is 8.78 Å². The molecule has 0 bridgehead atoms.